The predicted molar refractivity (Wildman–Crippen MR) is 56.3 cm³/mol. The van der Waals surface area contributed by atoms with Crippen LogP contribution in [0, 0.1) is 0 Å². The van der Waals surface area contributed by atoms with Crippen LogP contribution in [-0.4, -0.2) is 25.9 Å². The molecule has 4 nitrogen and oxygen atoms in total. The van der Waals surface area contributed by atoms with Crippen LogP contribution in [0.15, 0.2) is 24.3 Å². The lowest BCUT2D eigenvalue weighted by Crippen LogP contribution is -2.63. The van der Waals surface area contributed by atoms with Gasteiger partial charge in [0.15, 0.2) is 0 Å². The van der Waals surface area contributed by atoms with Crippen LogP contribution in [0.5, 0.6) is 5.75 Å². The standard InChI is InChI=1S/C11H13NO3/c1-3-15-11(13)8-12-9-4-6-10(14-2)7-5-9/h4-8H,3H2,1-2H3/p+1. The second kappa shape index (κ2) is 5.80. The Hall–Kier alpha value is -1.84. The predicted octanol–water partition coefficient (Wildman–Crippen LogP) is 0.0412. The van der Waals surface area contributed by atoms with Crippen LogP contribution in [-0.2, 0) is 9.53 Å². The van der Waals surface area contributed by atoms with Gasteiger partial charge in [-0.1, -0.05) is 0 Å². The highest BCUT2D eigenvalue weighted by molar-refractivity contribution is 6.20. The van der Waals surface area contributed by atoms with E-state index in [0.29, 0.717) is 6.61 Å². The maximum atomic E-state index is 11.0. The normalized spacial score (nSPS) is 10.3. The summed E-state index contributed by atoms with van der Waals surface area (Å²) in [6.45, 7) is 2.14. The number of hydrogen-bond donors (Lipinski definition) is 1. The Kier molecular flexibility index (Phi) is 4.34. The van der Waals surface area contributed by atoms with Gasteiger partial charge in [0, 0.05) is 12.1 Å². The first-order valence-corrected chi connectivity index (χ1v) is 4.67. The number of rotatable bonds is 4. The van der Waals surface area contributed by atoms with Crippen molar-refractivity contribution < 1.29 is 19.3 Å². The summed E-state index contributed by atoms with van der Waals surface area (Å²) in [6.07, 6.45) is 1.28. The molecule has 1 aromatic rings. The topological polar surface area (TPSA) is 49.5 Å². The molecule has 1 rings (SSSR count). The molecule has 0 aliphatic carbocycles. The molecule has 80 valence electrons. The van der Waals surface area contributed by atoms with E-state index in [-0.39, 0.29) is 5.97 Å². The van der Waals surface area contributed by atoms with E-state index in [1.165, 1.54) is 6.21 Å². The number of benzene rings is 1. The lowest BCUT2D eigenvalue weighted by atomic mass is 10.3. The highest BCUT2D eigenvalue weighted by atomic mass is 16.5. The number of hydrogen-bond acceptors (Lipinski definition) is 3. The summed E-state index contributed by atoms with van der Waals surface area (Å²) in [6, 6.07) is 7.24. The fourth-order valence-electron chi connectivity index (χ4n) is 1.01. The van der Waals surface area contributed by atoms with Crippen LogP contribution in [0.25, 0.3) is 0 Å². The minimum Gasteiger partial charge on any atom is -0.497 e. The maximum absolute atomic E-state index is 11.0. The van der Waals surface area contributed by atoms with Gasteiger partial charge in [0.2, 0.25) is 5.69 Å². The van der Waals surface area contributed by atoms with Crippen molar-refractivity contribution in [2.45, 2.75) is 6.92 Å². The molecular weight excluding hydrogens is 194 g/mol. The van der Waals surface area contributed by atoms with Crippen molar-refractivity contribution in [1.29, 1.82) is 0 Å². The SMILES string of the molecule is CCOC(=O)C=[NH+]c1ccc(OC)cc1. The van der Waals surface area contributed by atoms with Gasteiger partial charge in [0.1, 0.15) is 5.75 Å². The summed E-state index contributed by atoms with van der Waals surface area (Å²) in [5, 5.41) is 0. The number of carbonyl (C=O) groups is 1. The van der Waals surface area contributed by atoms with Gasteiger partial charge >= 0.3 is 5.97 Å². The highest BCUT2D eigenvalue weighted by Crippen LogP contribution is 2.10. The Morgan fingerprint density at radius 2 is 2.07 bits per heavy atom. The Morgan fingerprint density at radius 3 is 2.60 bits per heavy atom. The van der Waals surface area contributed by atoms with Crippen LogP contribution in [0.1, 0.15) is 6.92 Å². The average molecular weight is 208 g/mol. The minimum atomic E-state index is -0.381. The molecule has 0 fully saturated rings. The summed E-state index contributed by atoms with van der Waals surface area (Å²) in [5.41, 5.74) is 0.809. The summed E-state index contributed by atoms with van der Waals surface area (Å²) in [4.78, 5) is 13.8. The molecule has 0 aliphatic heterocycles. The molecule has 15 heavy (non-hydrogen) atoms. The molecule has 0 heterocycles. The first kappa shape index (κ1) is 11.2. The second-order valence-electron chi connectivity index (χ2n) is 2.77. The Bertz CT molecular complexity index is 343. The van der Waals surface area contributed by atoms with Crippen molar-refractivity contribution in [3.63, 3.8) is 0 Å². The van der Waals surface area contributed by atoms with Crippen molar-refractivity contribution in [2.75, 3.05) is 13.7 Å². The molecular formula is C11H14NO3+. The third-order valence-electron chi connectivity index (χ3n) is 1.73. The number of carbonyl (C=O) groups excluding carboxylic acids is 1. The Morgan fingerprint density at radius 1 is 1.40 bits per heavy atom. The average Bonchev–Trinajstić information content (AvgIpc) is 2.27. The summed E-state index contributed by atoms with van der Waals surface area (Å²) < 4.78 is 9.73. The quantitative estimate of drug-likeness (QED) is 0.561. The molecule has 0 saturated carbocycles. The van der Waals surface area contributed by atoms with Gasteiger partial charge in [0.25, 0.3) is 6.21 Å². The number of esters is 1. The van der Waals surface area contributed by atoms with E-state index in [4.69, 9.17) is 9.47 Å². The van der Waals surface area contributed by atoms with Gasteiger partial charge in [-0.05, 0) is 19.1 Å². The van der Waals surface area contributed by atoms with Gasteiger partial charge < -0.3 is 9.47 Å². The van der Waals surface area contributed by atoms with E-state index in [9.17, 15) is 4.79 Å². The zero-order valence-corrected chi connectivity index (χ0v) is 8.82. The summed E-state index contributed by atoms with van der Waals surface area (Å²) in [5.74, 6) is 0.394. The van der Waals surface area contributed by atoms with Crippen molar-refractivity contribution >= 4 is 17.9 Å². The van der Waals surface area contributed by atoms with Crippen LogP contribution in [0.3, 0.4) is 0 Å². The van der Waals surface area contributed by atoms with E-state index < -0.39 is 0 Å². The smallest absolute Gasteiger partial charge is 0.395 e. The molecule has 0 aromatic heterocycles. The molecule has 0 spiro atoms. The van der Waals surface area contributed by atoms with Gasteiger partial charge in [0.05, 0.1) is 13.7 Å². The monoisotopic (exact) mass is 208 g/mol. The first-order chi connectivity index (χ1) is 7.26. The Labute approximate surface area is 88.5 Å². The molecule has 1 aromatic carbocycles. The van der Waals surface area contributed by atoms with Crippen molar-refractivity contribution in [2.24, 2.45) is 0 Å². The number of nitrogens with one attached hydrogen (secondary N) is 1. The fraction of sp³-hybridized carbons (Fsp3) is 0.273. The van der Waals surface area contributed by atoms with E-state index in [1.54, 1.807) is 26.2 Å². The molecule has 0 atom stereocenters. The molecule has 0 unspecified atom stereocenters. The molecule has 0 bridgehead atoms. The largest absolute Gasteiger partial charge is 0.497 e. The molecule has 0 saturated heterocycles. The van der Waals surface area contributed by atoms with Crippen LogP contribution >= 0.6 is 0 Å². The van der Waals surface area contributed by atoms with Crippen molar-refractivity contribution in [3.8, 4) is 5.75 Å². The van der Waals surface area contributed by atoms with Crippen LogP contribution in [0.4, 0.5) is 5.69 Å². The zero-order valence-electron chi connectivity index (χ0n) is 8.82. The Balaban J connectivity index is 2.60. The van der Waals surface area contributed by atoms with Gasteiger partial charge in [-0.15, -0.1) is 0 Å². The van der Waals surface area contributed by atoms with Gasteiger partial charge in [-0.25, -0.2) is 9.79 Å². The lowest BCUT2D eigenvalue weighted by Gasteiger charge is -1.96. The molecule has 0 aliphatic rings. The van der Waals surface area contributed by atoms with Crippen molar-refractivity contribution in [3.05, 3.63) is 24.3 Å². The van der Waals surface area contributed by atoms with Crippen LogP contribution < -0.4 is 9.73 Å². The third-order valence-corrected chi connectivity index (χ3v) is 1.73. The van der Waals surface area contributed by atoms with Gasteiger partial charge in [-0.3, -0.25) is 0 Å². The van der Waals surface area contributed by atoms with E-state index in [0.717, 1.165) is 11.4 Å². The van der Waals surface area contributed by atoms with Crippen molar-refractivity contribution in [1.82, 2.24) is 0 Å². The molecule has 4 heteroatoms. The number of methoxy groups -OCH3 is 1. The summed E-state index contributed by atoms with van der Waals surface area (Å²) in [7, 11) is 1.60. The van der Waals surface area contributed by atoms with E-state index in [1.807, 2.05) is 12.1 Å². The third kappa shape index (κ3) is 3.81. The van der Waals surface area contributed by atoms with Gasteiger partial charge in [-0.2, -0.15) is 0 Å². The second-order valence-corrected chi connectivity index (χ2v) is 2.77. The summed E-state index contributed by atoms with van der Waals surface area (Å²) >= 11 is 0. The van der Waals surface area contributed by atoms with E-state index in [2.05, 4.69) is 4.99 Å². The zero-order chi connectivity index (χ0) is 11.1. The maximum Gasteiger partial charge on any atom is 0.395 e. The highest BCUT2D eigenvalue weighted by Gasteiger charge is 2.01. The molecule has 1 N–H and O–H groups in total. The lowest BCUT2D eigenvalue weighted by molar-refractivity contribution is -0.347. The molecule has 0 radical (unpaired) electrons. The minimum absolute atomic E-state index is 0.375. The van der Waals surface area contributed by atoms with Crippen LogP contribution in [0.2, 0.25) is 0 Å². The van der Waals surface area contributed by atoms with E-state index >= 15 is 0 Å². The fourth-order valence-corrected chi connectivity index (χ4v) is 1.01. The number of ether oxygens (including phenoxy) is 2. The molecule has 0 amide bonds. The first-order valence-electron chi connectivity index (χ1n) is 4.67.